The molecule has 0 aromatic heterocycles. The molecule has 1 aromatic carbocycles. The van der Waals surface area contributed by atoms with Crippen molar-refractivity contribution < 1.29 is 23.8 Å². The third kappa shape index (κ3) is 6.05. The van der Waals surface area contributed by atoms with Gasteiger partial charge in [0.1, 0.15) is 11.6 Å². The van der Waals surface area contributed by atoms with Crippen molar-refractivity contribution in [3.8, 4) is 0 Å². The van der Waals surface area contributed by atoms with Gasteiger partial charge in [0, 0.05) is 25.7 Å². The first-order valence-electron chi connectivity index (χ1n) is 6.21. The maximum atomic E-state index is 12.9. The second-order valence-electron chi connectivity index (χ2n) is 4.28. The SMILES string of the molecule is O=C(CN(CCO)CCO)NCc1cc(F)cc(F)c1. The number of nitrogens with one attached hydrogen (secondary N) is 1. The monoisotopic (exact) mass is 288 g/mol. The zero-order valence-corrected chi connectivity index (χ0v) is 11.0. The zero-order chi connectivity index (χ0) is 15.0. The number of nitrogens with zero attached hydrogens (tertiary/aromatic N) is 1. The van der Waals surface area contributed by atoms with E-state index in [0.29, 0.717) is 5.56 Å². The smallest absolute Gasteiger partial charge is 0.234 e. The molecule has 1 rings (SSSR count). The van der Waals surface area contributed by atoms with Crippen molar-refractivity contribution in [2.45, 2.75) is 6.54 Å². The normalized spacial score (nSPS) is 10.8. The lowest BCUT2D eigenvalue weighted by Crippen LogP contribution is -2.39. The van der Waals surface area contributed by atoms with Crippen LogP contribution in [0.2, 0.25) is 0 Å². The highest BCUT2D eigenvalue weighted by molar-refractivity contribution is 5.78. The summed E-state index contributed by atoms with van der Waals surface area (Å²) in [4.78, 5) is 13.2. The Morgan fingerprint density at radius 3 is 2.15 bits per heavy atom. The van der Waals surface area contributed by atoms with Gasteiger partial charge in [0.15, 0.2) is 0 Å². The fourth-order valence-corrected chi connectivity index (χ4v) is 1.73. The molecule has 1 amide bonds. The lowest BCUT2D eigenvalue weighted by atomic mass is 10.2. The van der Waals surface area contributed by atoms with Crippen LogP contribution < -0.4 is 5.32 Å². The Morgan fingerprint density at radius 2 is 1.65 bits per heavy atom. The highest BCUT2D eigenvalue weighted by atomic mass is 19.1. The quantitative estimate of drug-likeness (QED) is 0.623. The van der Waals surface area contributed by atoms with Crippen molar-refractivity contribution in [3.63, 3.8) is 0 Å². The maximum absolute atomic E-state index is 12.9. The van der Waals surface area contributed by atoms with Gasteiger partial charge in [0.2, 0.25) is 5.91 Å². The Morgan fingerprint density at radius 1 is 1.10 bits per heavy atom. The van der Waals surface area contributed by atoms with Gasteiger partial charge in [-0.2, -0.15) is 0 Å². The molecule has 0 bridgehead atoms. The topological polar surface area (TPSA) is 72.8 Å². The summed E-state index contributed by atoms with van der Waals surface area (Å²) in [5, 5.41) is 20.1. The number of aliphatic hydroxyl groups excluding tert-OH is 2. The summed E-state index contributed by atoms with van der Waals surface area (Å²) in [5.41, 5.74) is 0.326. The standard InChI is InChI=1S/C13H18F2N2O3/c14-11-5-10(6-12(15)7-11)8-16-13(20)9-17(1-3-18)2-4-19/h5-7,18-19H,1-4,8-9H2,(H,16,20). The van der Waals surface area contributed by atoms with Crippen LogP contribution >= 0.6 is 0 Å². The van der Waals surface area contributed by atoms with Gasteiger partial charge in [-0.1, -0.05) is 0 Å². The first kappa shape index (κ1) is 16.5. The van der Waals surface area contributed by atoms with E-state index in [1.807, 2.05) is 0 Å². The minimum atomic E-state index is -0.698. The molecule has 0 unspecified atom stereocenters. The van der Waals surface area contributed by atoms with E-state index in [1.54, 1.807) is 4.90 Å². The molecule has 0 heterocycles. The Balaban J connectivity index is 2.45. The van der Waals surface area contributed by atoms with Crippen LogP contribution in [-0.2, 0) is 11.3 Å². The number of amides is 1. The van der Waals surface area contributed by atoms with Gasteiger partial charge in [0.25, 0.3) is 0 Å². The van der Waals surface area contributed by atoms with E-state index in [2.05, 4.69) is 5.32 Å². The number of carbonyl (C=O) groups is 1. The van der Waals surface area contributed by atoms with E-state index in [1.165, 1.54) is 0 Å². The van der Waals surface area contributed by atoms with Crippen molar-refractivity contribution in [2.24, 2.45) is 0 Å². The van der Waals surface area contributed by atoms with E-state index in [-0.39, 0.29) is 45.3 Å². The van der Waals surface area contributed by atoms with E-state index in [9.17, 15) is 13.6 Å². The number of halogens is 2. The molecule has 0 saturated carbocycles. The van der Waals surface area contributed by atoms with Crippen molar-refractivity contribution in [1.82, 2.24) is 10.2 Å². The van der Waals surface area contributed by atoms with Crippen LogP contribution in [0.25, 0.3) is 0 Å². The number of benzene rings is 1. The fraction of sp³-hybridized carbons (Fsp3) is 0.462. The van der Waals surface area contributed by atoms with Gasteiger partial charge in [-0.25, -0.2) is 8.78 Å². The van der Waals surface area contributed by atoms with Crippen LogP contribution in [0.4, 0.5) is 8.78 Å². The van der Waals surface area contributed by atoms with Gasteiger partial charge in [0.05, 0.1) is 19.8 Å². The second-order valence-corrected chi connectivity index (χ2v) is 4.28. The molecular weight excluding hydrogens is 270 g/mol. The summed E-state index contributed by atoms with van der Waals surface area (Å²) in [7, 11) is 0. The minimum Gasteiger partial charge on any atom is -0.395 e. The molecule has 7 heteroatoms. The molecule has 0 aliphatic heterocycles. The molecule has 0 saturated heterocycles. The van der Waals surface area contributed by atoms with E-state index in [0.717, 1.165) is 18.2 Å². The van der Waals surface area contributed by atoms with Gasteiger partial charge in [-0.05, 0) is 17.7 Å². The average molecular weight is 288 g/mol. The van der Waals surface area contributed by atoms with E-state index in [4.69, 9.17) is 10.2 Å². The van der Waals surface area contributed by atoms with Crippen LogP contribution in [0.1, 0.15) is 5.56 Å². The lowest BCUT2D eigenvalue weighted by Gasteiger charge is -2.19. The summed E-state index contributed by atoms with van der Waals surface area (Å²) >= 11 is 0. The number of hydrogen-bond acceptors (Lipinski definition) is 4. The van der Waals surface area contributed by atoms with Crippen molar-refractivity contribution in [3.05, 3.63) is 35.4 Å². The third-order valence-corrected chi connectivity index (χ3v) is 2.61. The molecule has 0 radical (unpaired) electrons. The average Bonchev–Trinajstić information content (AvgIpc) is 2.36. The first-order valence-corrected chi connectivity index (χ1v) is 6.21. The minimum absolute atomic E-state index is 0.00107. The number of rotatable bonds is 8. The van der Waals surface area contributed by atoms with Crippen LogP contribution in [0, 0.1) is 11.6 Å². The number of carbonyl (C=O) groups excluding carboxylic acids is 1. The summed E-state index contributed by atoms with van der Waals surface area (Å²) in [6.45, 7) is 0.300. The highest BCUT2D eigenvalue weighted by Gasteiger charge is 2.10. The fourth-order valence-electron chi connectivity index (χ4n) is 1.73. The third-order valence-electron chi connectivity index (χ3n) is 2.61. The largest absolute Gasteiger partial charge is 0.395 e. The molecular formula is C13H18F2N2O3. The Hall–Kier alpha value is -1.57. The molecule has 112 valence electrons. The molecule has 20 heavy (non-hydrogen) atoms. The van der Waals surface area contributed by atoms with Gasteiger partial charge >= 0.3 is 0 Å². The summed E-state index contributed by atoms with van der Waals surface area (Å²) in [6.07, 6.45) is 0. The van der Waals surface area contributed by atoms with Gasteiger partial charge in [-0.15, -0.1) is 0 Å². The molecule has 0 aliphatic carbocycles. The predicted molar refractivity (Wildman–Crippen MR) is 68.8 cm³/mol. The lowest BCUT2D eigenvalue weighted by molar-refractivity contribution is -0.122. The molecule has 3 N–H and O–H groups in total. The van der Waals surface area contributed by atoms with Crippen molar-refractivity contribution >= 4 is 5.91 Å². The number of hydrogen-bond donors (Lipinski definition) is 3. The molecule has 5 nitrogen and oxygen atoms in total. The Bertz CT molecular complexity index is 417. The van der Waals surface area contributed by atoms with E-state index >= 15 is 0 Å². The molecule has 0 atom stereocenters. The predicted octanol–water partition coefficient (Wildman–Crippen LogP) is -0.132. The first-order chi connectivity index (χ1) is 9.55. The van der Waals surface area contributed by atoms with Gasteiger partial charge in [-0.3, -0.25) is 9.69 Å². The molecule has 0 spiro atoms. The summed E-state index contributed by atoms with van der Waals surface area (Å²) in [5.74, 6) is -1.75. The van der Waals surface area contributed by atoms with Crippen molar-refractivity contribution in [1.29, 1.82) is 0 Å². The molecule has 0 fully saturated rings. The van der Waals surface area contributed by atoms with Crippen molar-refractivity contribution in [2.75, 3.05) is 32.8 Å². The summed E-state index contributed by atoms with van der Waals surface area (Å²) in [6, 6.07) is 3.04. The van der Waals surface area contributed by atoms with Crippen LogP contribution in [-0.4, -0.2) is 53.9 Å². The van der Waals surface area contributed by atoms with E-state index < -0.39 is 11.6 Å². The molecule has 1 aromatic rings. The van der Waals surface area contributed by atoms with Crippen LogP contribution in [0.3, 0.4) is 0 Å². The molecule has 0 aliphatic rings. The summed E-state index contributed by atoms with van der Waals surface area (Å²) < 4.78 is 25.9. The van der Waals surface area contributed by atoms with Crippen LogP contribution in [0.5, 0.6) is 0 Å². The maximum Gasteiger partial charge on any atom is 0.234 e. The Kier molecular flexibility index (Phi) is 7.06. The van der Waals surface area contributed by atoms with Crippen LogP contribution in [0.15, 0.2) is 18.2 Å². The van der Waals surface area contributed by atoms with Gasteiger partial charge < -0.3 is 15.5 Å². The zero-order valence-electron chi connectivity index (χ0n) is 11.0. The Labute approximate surface area is 115 Å². The number of aliphatic hydroxyl groups is 2. The highest BCUT2D eigenvalue weighted by Crippen LogP contribution is 2.07. The second kappa shape index (κ2) is 8.57.